The Bertz CT molecular complexity index is 602. The molecule has 2 rings (SSSR count). The van der Waals surface area contributed by atoms with Crippen molar-refractivity contribution in [1.82, 2.24) is 5.43 Å². The second kappa shape index (κ2) is 5.79. The Labute approximate surface area is 117 Å². The van der Waals surface area contributed by atoms with Crippen LogP contribution in [0.2, 0.25) is 0 Å². The molecule has 2 nitrogen and oxygen atoms in total. The maximum absolute atomic E-state index is 13.2. The minimum absolute atomic E-state index is 0.176. The van der Waals surface area contributed by atoms with E-state index >= 15 is 0 Å². The zero-order valence-electron chi connectivity index (χ0n) is 10.6. The first-order chi connectivity index (χ1) is 9.81. The van der Waals surface area contributed by atoms with Gasteiger partial charge in [0, 0.05) is 6.07 Å². The van der Waals surface area contributed by atoms with Gasteiger partial charge in [-0.05, 0) is 35.4 Å². The number of rotatable bonds is 3. The normalized spacial score (nSPS) is 13.2. The van der Waals surface area contributed by atoms with Gasteiger partial charge < -0.3 is 0 Å². The lowest BCUT2D eigenvalue weighted by molar-refractivity contribution is -0.137. The summed E-state index contributed by atoms with van der Waals surface area (Å²) in [7, 11) is 0. The van der Waals surface area contributed by atoms with E-state index in [4.69, 9.17) is 5.84 Å². The molecule has 0 aliphatic carbocycles. The molecule has 0 radical (unpaired) electrons. The highest BCUT2D eigenvalue weighted by molar-refractivity contribution is 5.34. The van der Waals surface area contributed by atoms with E-state index in [-0.39, 0.29) is 5.56 Å². The molecule has 0 fully saturated rings. The van der Waals surface area contributed by atoms with Gasteiger partial charge in [-0.2, -0.15) is 13.2 Å². The van der Waals surface area contributed by atoms with Gasteiger partial charge in [-0.3, -0.25) is 5.84 Å². The fourth-order valence-electron chi connectivity index (χ4n) is 1.99. The summed E-state index contributed by atoms with van der Waals surface area (Å²) in [5, 5.41) is 0. The molecule has 2 aromatic rings. The van der Waals surface area contributed by atoms with E-state index in [0.29, 0.717) is 11.6 Å². The third-order valence-corrected chi connectivity index (χ3v) is 2.96. The predicted molar refractivity (Wildman–Crippen MR) is 67.0 cm³/mol. The maximum atomic E-state index is 13.2. The van der Waals surface area contributed by atoms with Crippen LogP contribution >= 0.6 is 0 Å². The molecule has 0 saturated carbocycles. The van der Waals surface area contributed by atoms with Gasteiger partial charge in [0.15, 0.2) is 0 Å². The van der Waals surface area contributed by atoms with Gasteiger partial charge in [0.25, 0.3) is 0 Å². The van der Waals surface area contributed by atoms with Crippen molar-refractivity contribution in [3.05, 3.63) is 70.8 Å². The van der Waals surface area contributed by atoms with Crippen LogP contribution in [0, 0.1) is 11.6 Å². The first-order valence-corrected chi connectivity index (χ1v) is 5.90. The Morgan fingerprint density at radius 1 is 0.857 bits per heavy atom. The highest BCUT2D eigenvalue weighted by atomic mass is 19.4. The SMILES string of the molecule is NNC(c1ccc(C(F)(F)F)cc1)c1cc(F)cc(F)c1. The van der Waals surface area contributed by atoms with Gasteiger partial charge in [0.05, 0.1) is 11.6 Å². The molecule has 7 heteroatoms. The molecular formula is C14H11F5N2. The first kappa shape index (κ1) is 15.4. The first-order valence-electron chi connectivity index (χ1n) is 5.90. The molecule has 0 spiro atoms. The van der Waals surface area contributed by atoms with Gasteiger partial charge >= 0.3 is 6.18 Å². The van der Waals surface area contributed by atoms with E-state index in [0.717, 1.165) is 24.3 Å². The molecule has 0 aliphatic rings. The fourth-order valence-corrected chi connectivity index (χ4v) is 1.99. The Hall–Kier alpha value is -1.99. The summed E-state index contributed by atoms with van der Waals surface area (Å²) >= 11 is 0. The van der Waals surface area contributed by atoms with Gasteiger partial charge in [-0.1, -0.05) is 12.1 Å². The Balaban J connectivity index is 2.37. The lowest BCUT2D eigenvalue weighted by Crippen LogP contribution is -2.29. The van der Waals surface area contributed by atoms with E-state index in [1.807, 2.05) is 0 Å². The van der Waals surface area contributed by atoms with Crippen molar-refractivity contribution in [2.45, 2.75) is 12.2 Å². The van der Waals surface area contributed by atoms with Gasteiger partial charge in [0.2, 0.25) is 0 Å². The smallest absolute Gasteiger partial charge is 0.271 e. The molecule has 3 N–H and O–H groups in total. The minimum Gasteiger partial charge on any atom is -0.271 e. The number of hydrogen-bond donors (Lipinski definition) is 2. The largest absolute Gasteiger partial charge is 0.416 e. The highest BCUT2D eigenvalue weighted by Gasteiger charge is 2.30. The number of alkyl halides is 3. The van der Waals surface area contributed by atoms with Crippen molar-refractivity contribution >= 4 is 0 Å². The summed E-state index contributed by atoms with van der Waals surface area (Å²) in [6.45, 7) is 0. The van der Waals surface area contributed by atoms with Crippen molar-refractivity contribution in [2.75, 3.05) is 0 Å². The van der Waals surface area contributed by atoms with Crippen LogP contribution in [-0.2, 0) is 6.18 Å². The molecule has 0 heterocycles. The van der Waals surface area contributed by atoms with Crippen molar-refractivity contribution < 1.29 is 22.0 Å². The van der Waals surface area contributed by atoms with E-state index < -0.39 is 29.4 Å². The lowest BCUT2D eigenvalue weighted by Gasteiger charge is -2.18. The molecule has 0 aliphatic heterocycles. The molecule has 112 valence electrons. The van der Waals surface area contributed by atoms with E-state index in [9.17, 15) is 22.0 Å². The maximum Gasteiger partial charge on any atom is 0.416 e. The van der Waals surface area contributed by atoms with Crippen molar-refractivity contribution in [3.63, 3.8) is 0 Å². The van der Waals surface area contributed by atoms with Crippen LogP contribution in [-0.4, -0.2) is 0 Å². The standard InChI is InChI=1S/C14H11F5N2/c15-11-5-9(6-12(16)7-11)13(21-20)8-1-3-10(4-2-8)14(17,18)19/h1-7,13,21H,20H2. The quantitative estimate of drug-likeness (QED) is 0.517. The van der Waals surface area contributed by atoms with E-state index in [2.05, 4.69) is 5.43 Å². The highest BCUT2D eigenvalue weighted by Crippen LogP contribution is 2.31. The minimum atomic E-state index is -4.45. The summed E-state index contributed by atoms with van der Waals surface area (Å²) in [5.74, 6) is 3.76. The van der Waals surface area contributed by atoms with Crippen LogP contribution in [0.1, 0.15) is 22.7 Å². The van der Waals surface area contributed by atoms with Gasteiger partial charge in [-0.25, -0.2) is 14.2 Å². The fraction of sp³-hybridized carbons (Fsp3) is 0.143. The van der Waals surface area contributed by atoms with Gasteiger partial charge in [-0.15, -0.1) is 0 Å². The number of halogens is 5. The number of benzene rings is 2. The molecule has 2 aromatic carbocycles. The number of hydrogen-bond acceptors (Lipinski definition) is 2. The summed E-state index contributed by atoms with van der Waals surface area (Å²) in [6, 6.07) is 6.18. The third kappa shape index (κ3) is 3.56. The molecule has 1 unspecified atom stereocenters. The third-order valence-electron chi connectivity index (χ3n) is 2.96. The van der Waals surface area contributed by atoms with Crippen molar-refractivity contribution in [2.24, 2.45) is 5.84 Å². The van der Waals surface area contributed by atoms with Crippen LogP contribution in [0.3, 0.4) is 0 Å². The molecule has 0 bridgehead atoms. The van der Waals surface area contributed by atoms with Crippen LogP contribution in [0.4, 0.5) is 22.0 Å². The van der Waals surface area contributed by atoms with Crippen molar-refractivity contribution in [3.8, 4) is 0 Å². The topological polar surface area (TPSA) is 38.0 Å². The van der Waals surface area contributed by atoms with E-state index in [1.165, 1.54) is 12.1 Å². The van der Waals surface area contributed by atoms with Crippen molar-refractivity contribution in [1.29, 1.82) is 0 Å². The molecule has 0 aromatic heterocycles. The number of nitrogens with one attached hydrogen (secondary N) is 1. The average Bonchev–Trinajstić information content (AvgIpc) is 2.38. The zero-order valence-corrected chi connectivity index (χ0v) is 10.6. The molecular weight excluding hydrogens is 291 g/mol. The molecule has 0 amide bonds. The molecule has 21 heavy (non-hydrogen) atoms. The Morgan fingerprint density at radius 3 is 1.81 bits per heavy atom. The summed E-state index contributed by atoms with van der Waals surface area (Å²) in [6.07, 6.45) is -4.45. The average molecular weight is 302 g/mol. The van der Waals surface area contributed by atoms with Gasteiger partial charge in [0.1, 0.15) is 11.6 Å². The van der Waals surface area contributed by atoms with Crippen LogP contribution in [0.25, 0.3) is 0 Å². The molecule has 0 saturated heterocycles. The lowest BCUT2D eigenvalue weighted by atomic mass is 9.98. The van der Waals surface area contributed by atoms with E-state index in [1.54, 1.807) is 0 Å². The Morgan fingerprint density at radius 2 is 1.38 bits per heavy atom. The second-order valence-corrected chi connectivity index (χ2v) is 4.42. The predicted octanol–water partition coefficient (Wildman–Crippen LogP) is 3.54. The summed E-state index contributed by atoms with van der Waals surface area (Å²) in [4.78, 5) is 0. The summed E-state index contributed by atoms with van der Waals surface area (Å²) in [5.41, 5.74) is 2.05. The second-order valence-electron chi connectivity index (χ2n) is 4.42. The van der Waals surface area contributed by atoms with Crippen LogP contribution < -0.4 is 11.3 Å². The molecule has 1 atom stereocenters. The summed E-state index contributed by atoms with van der Waals surface area (Å²) < 4.78 is 63.9. The van der Waals surface area contributed by atoms with Crippen LogP contribution in [0.15, 0.2) is 42.5 Å². The van der Waals surface area contributed by atoms with Crippen LogP contribution in [0.5, 0.6) is 0 Å². The monoisotopic (exact) mass is 302 g/mol. The zero-order chi connectivity index (χ0) is 15.6. The number of nitrogens with two attached hydrogens (primary N) is 1. The Kier molecular flexibility index (Phi) is 4.24. The number of hydrazine groups is 1.